The average Bonchev–Trinajstić information content (AvgIpc) is 2.90. The van der Waals surface area contributed by atoms with Crippen molar-refractivity contribution in [2.75, 3.05) is 5.32 Å². The Morgan fingerprint density at radius 3 is 2.36 bits per heavy atom. The Kier molecular flexibility index (Phi) is 3.78. The highest BCUT2D eigenvalue weighted by Crippen LogP contribution is 2.16. The van der Waals surface area contributed by atoms with Gasteiger partial charge in [-0.05, 0) is 38.5 Å². The zero-order chi connectivity index (χ0) is 15.5. The molecular formula is C15H16N6O. The van der Waals surface area contributed by atoms with Gasteiger partial charge in [0.15, 0.2) is 5.82 Å². The predicted molar refractivity (Wildman–Crippen MR) is 80.9 cm³/mol. The third kappa shape index (κ3) is 3.25. The Hall–Kier alpha value is -2.83. The number of aryl methyl sites for hydroxylation is 3. The first kappa shape index (κ1) is 14.1. The lowest BCUT2D eigenvalue weighted by Gasteiger charge is -2.06. The van der Waals surface area contributed by atoms with E-state index in [1.165, 1.54) is 0 Å². The van der Waals surface area contributed by atoms with Gasteiger partial charge in [-0.1, -0.05) is 17.3 Å². The van der Waals surface area contributed by atoms with Gasteiger partial charge in [-0.3, -0.25) is 0 Å². The van der Waals surface area contributed by atoms with Crippen LogP contribution in [-0.2, 0) is 6.42 Å². The first-order chi connectivity index (χ1) is 10.6. The Bertz CT molecular complexity index is 781. The summed E-state index contributed by atoms with van der Waals surface area (Å²) in [6.07, 6.45) is 0.614. The van der Waals surface area contributed by atoms with E-state index in [0.29, 0.717) is 24.1 Å². The van der Waals surface area contributed by atoms with Crippen molar-refractivity contribution in [1.29, 1.82) is 0 Å². The lowest BCUT2D eigenvalue weighted by Crippen LogP contribution is -2.02. The smallest absolute Gasteiger partial charge is 0.247 e. The predicted octanol–water partition coefficient (Wildman–Crippen LogP) is 2.51. The largest absolute Gasteiger partial charge is 0.339 e. The summed E-state index contributed by atoms with van der Waals surface area (Å²) in [5.41, 5.74) is 3.68. The van der Waals surface area contributed by atoms with Crippen LogP contribution in [0.4, 0.5) is 11.6 Å². The molecule has 0 unspecified atom stereocenters. The summed E-state index contributed by atoms with van der Waals surface area (Å²) < 4.78 is 5.11. The molecule has 0 saturated carbocycles. The minimum Gasteiger partial charge on any atom is -0.339 e. The maximum absolute atomic E-state index is 5.11. The van der Waals surface area contributed by atoms with Gasteiger partial charge >= 0.3 is 0 Å². The SMILES string of the molecule is Cc1noc(Cc2ccc(Nc3nnc(C)c(C)n3)cc2)n1. The Morgan fingerprint density at radius 2 is 1.73 bits per heavy atom. The van der Waals surface area contributed by atoms with Crippen LogP contribution in [0.15, 0.2) is 28.8 Å². The second-order valence-corrected chi connectivity index (χ2v) is 5.04. The molecule has 1 N–H and O–H groups in total. The summed E-state index contributed by atoms with van der Waals surface area (Å²) in [5, 5.41) is 15.0. The molecule has 0 radical (unpaired) electrons. The van der Waals surface area contributed by atoms with Crippen molar-refractivity contribution in [1.82, 2.24) is 25.3 Å². The number of aromatic nitrogens is 5. The van der Waals surface area contributed by atoms with Gasteiger partial charge in [0, 0.05) is 5.69 Å². The molecule has 0 aliphatic carbocycles. The average molecular weight is 296 g/mol. The monoisotopic (exact) mass is 296 g/mol. The molecule has 2 aromatic heterocycles. The molecule has 3 aromatic rings. The molecule has 0 aliphatic rings. The minimum atomic E-state index is 0.489. The van der Waals surface area contributed by atoms with Crippen molar-refractivity contribution in [2.45, 2.75) is 27.2 Å². The maximum Gasteiger partial charge on any atom is 0.247 e. The lowest BCUT2D eigenvalue weighted by molar-refractivity contribution is 0.381. The highest BCUT2D eigenvalue weighted by Gasteiger charge is 2.05. The van der Waals surface area contributed by atoms with Crippen molar-refractivity contribution >= 4 is 11.6 Å². The number of rotatable bonds is 4. The topological polar surface area (TPSA) is 89.6 Å². The van der Waals surface area contributed by atoms with Crippen molar-refractivity contribution in [3.05, 3.63) is 52.9 Å². The zero-order valence-electron chi connectivity index (χ0n) is 12.7. The number of nitrogens with zero attached hydrogens (tertiary/aromatic N) is 5. The molecule has 112 valence electrons. The fourth-order valence-corrected chi connectivity index (χ4v) is 1.93. The van der Waals surface area contributed by atoms with Gasteiger partial charge in [-0.2, -0.15) is 10.1 Å². The van der Waals surface area contributed by atoms with Crippen molar-refractivity contribution < 1.29 is 4.52 Å². The molecule has 0 bridgehead atoms. The first-order valence-corrected chi connectivity index (χ1v) is 6.93. The molecule has 0 aliphatic heterocycles. The molecule has 0 saturated heterocycles. The van der Waals surface area contributed by atoms with Gasteiger partial charge in [0.1, 0.15) is 0 Å². The van der Waals surface area contributed by atoms with E-state index in [4.69, 9.17) is 4.52 Å². The van der Waals surface area contributed by atoms with Crippen LogP contribution >= 0.6 is 0 Å². The number of hydrogen-bond acceptors (Lipinski definition) is 7. The summed E-state index contributed by atoms with van der Waals surface area (Å²) in [6, 6.07) is 7.90. The summed E-state index contributed by atoms with van der Waals surface area (Å²) >= 11 is 0. The summed E-state index contributed by atoms with van der Waals surface area (Å²) in [5.74, 6) is 1.75. The Balaban J connectivity index is 1.69. The fraction of sp³-hybridized carbons (Fsp3) is 0.267. The fourth-order valence-electron chi connectivity index (χ4n) is 1.93. The standard InChI is InChI=1S/C15H16N6O/c1-9-10(2)19-20-15(16-9)18-13-6-4-12(5-7-13)8-14-17-11(3)21-22-14/h4-7H,8H2,1-3H3,(H,16,18,20). The molecule has 0 spiro atoms. The number of hydrogen-bond donors (Lipinski definition) is 1. The lowest BCUT2D eigenvalue weighted by atomic mass is 10.1. The molecule has 7 heteroatoms. The molecule has 7 nitrogen and oxygen atoms in total. The quantitative estimate of drug-likeness (QED) is 0.791. The second kappa shape index (κ2) is 5.88. The van der Waals surface area contributed by atoms with Gasteiger partial charge in [-0.15, -0.1) is 5.10 Å². The number of anilines is 2. The third-order valence-electron chi connectivity index (χ3n) is 3.23. The molecule has 0 amide bonds. The van der Waals surface area contributed by atoms with E-state index in [-0.39, 0.29) is 0 Å². The van der Waals surface area contributed by atoms with Crippen LogP contribution in [0.25, 0.3) is 0 Å². The van der Waals surface area contributed by atoms with Crippen molar-refractivity contribution in [2.24, 2.45) is 0 Å². The summed E-state index contributed by atoms with van der Waals surface area (Å²) in [4.78, 5) is 8.54. The molecule has 3 rings (SSSR count). The molecule has 2 heterocycles. The van der Waals surface area contributed by atoms with Gasteiger partial charge in [-0.25, -0.2) is 4.98 Å². The zero-order valence-corrected chi connectivity index (χ0v) is 12.7. The molecule has 22 heavy (non-hydrogen) atoms. The van der Waals surface area contributed by atoms with Crippen LogP contribution in [0, 0.1) is 20.8 Å². The van der Waals surface area contributed by atoms with Gasteiger partial charge < -0.3 is 9.84 Å². The number of benzene rings is 1. The van der Waals surface area contributed by atoms with Crippen LogP contribution in [-0.4, -0.2) is 25.3 Å². The van der Waals surface area contributed by atoms with Crippen LogP contribution < -0.4 is 5.32 Å². The first-order valence-electron chi connectivity index (χ1n) is 6.93. The van der Waals surface area contributed by atoms with Crippen molar-refractivity contribution in [3.63, 3.8) is 0 Å². The van der Waals surface area contributed by atoms with Crippen molar-refractivity contribution in [3.8, 4) is 0 Å². The number of nitrogens with one attached hydrogen (secondary N) is 1. The van der Waals surface area contributed by atoms with E-state index in [2.05, 4.69) is 30.6 Å². The normalized spacial score (nSPS) is 10.7. The van der Waals surface area contributed by atoms with E-state index in [1.54, 1.807) is 6.92 Å². The Morgan fingerprint density at radius 1 is 0.955 bits per heavy atom. The van der Waals surface area contributed by atoms with Gasteiger partial charge in [0.25, 0.3) is 0 Å². The van der Waals surface area contributed by atoms with E-state index in [9.17, 15) is 0 Å². The highest BCUT2D eigenvalue weighted by molar-refractivity contribution is 5.53. The minimum absolute atomic E-state index is 0.489. The molecule has 1 aromatic carbocycles. The molecule has 0 atom stereocenters. The van der Waals surface area contributed by atoms with Crippen LogP contribution in [0.5, 0.6) is 0 Å². The Labute approximate surface area is 127 Å². The molecule has 0 fully saturated rings. The van der Waals surface area contributed by atoms with Crippen LogP contribution in [0.3, 0.4) is 0 Å². The third-order valence-corrected chi connectivity index (χ3v) is 3.23. The summed E-state index contributed by atoms with van der Waals surface area (Å²) in [7, 11) is 0. The van der Waals surface area contributed by atoms with E-state index >= 15 is 0 Å². The van der Waals surface area contributed by atoms with Gasteiger partial charge in [0.2, 0.25) is 11.8 Å². The van der Waals surface area contributed by atoms with E-state index < -0.39 is 0 Å². The van der Waals surface area contributed by atoms with E-state index in [0.717, 1.165) is 22.6 Å². The summed E-state index contributed by atoms with van der Waals surface area (Å²) in [6.45, 7) is 5.59. The highest BCUT2D eigenvalue weighted by atomic mass is 16.5. The van der Waals surface area contributed by atoms with Crippen LogP contribution in [0.2, 0.25) is 0 Å². The second-order valence-electron chi connectivity index (χ2n) is 5.04. The van der Waals surface area contributed by atoms with Gasteiger partial charge in [0.05, 0.1) is 17.8 Å². The molecular weight excluding hydrogens is 280 g/mol. The van der Waals surface area contributed by atoms with E-state index in [1.807, 2.05) is 38.1 Å². The maximum atomic E-state index is 5.11. The van der Waals surface area contributed by atoms with Crippen LogP contribution in [0.1, 0.15) is 28.7 Å².